The van der Waals surface area contributed by atoms with Crippen LogP contribution in [0.4, 0.5) is 4.39 Å². The smallest absolute Gasteiger partial charge is 0.321 e. The van der Waals surface area contributed by atoms with E-state index < -0.39 is 28.1 Å². The molecule has 0 aromatic rings. The summed E-state index contributed by atoms with van der Waals surface area (Å²) >= 11 is 1.09. The summed E-state index contributed by atoms with van der Waals surface area (Å²) in [6, 6.07) is 0. The summed E-state index contributed by atoms with van der Waals surface area (Å²) in [5, 5.41) is 25.6. The lowest BCUT2D eigenvalue weighted by atomic mass is 10.0. The van der Waals surface area contributed by atoms with Gasteiger partial charge in [-0.1, -0.05) is 17.8 Å². The van der Waals surface area contributed by atoms with Gasteiger partial charge in [0.2, 0.25) is 11.7 Å². The number of rotatable bonds is 2. The van der Waals surface area contributed by atoms with Crippen LogP contribution in [0.5, 0.6) is 0 Å². The van der Waals surface area contributed by atoms with Crippen LogP contribution in [0.25, 0.3) is 0 Å². The lowest BCUT2D eigenvalue weighted by Crippen LogP contribution is -2.25. The molecule has 3 aliphatic rings. The number of hydrogen-bond donors (Lipinski definition) is 2. The van der Waals surface area contributed by atoms with E-state index in [4.69, 9.17) is 0 Å². The van der Waals surface area contributed by atoms with Gasteiger partial charge >= 0.3 is 11.5 Å². The zero-order valence-electron chi connectivity index (χ0n) is 11.7. The molecular formula is C14H8FN3O5S. The Hall–Kier alpha value is -2.98. The number of Topliss-reactive ketones (excluding diaryl/α,β-unsaturated/α-hetero) is 1. The third kappa shape index (κ3) is 2.68. The highest BCUT2D eigenvalue weighted by Crippen LogP contribution is 2.34. The number of allylic oxidation sites excluding steroid dienone is 6. The summed E-state index contributed by atoms with van der Waals surface area (Å²) in [6.07, 6.45) is 5.90. The number of hydrogen-bond acceptors (Lipinski definition) is 8. The average molecular weight is 349 g/mol. The van der Waals surface area contributed by atoms with Crippen LogP contribution in [0.3, 0.4) is 0 Å². The van der Waals surface area contributed by atoms with Crippen molar-refractivity contribution in [3.63, 3.8) is 0 Å². The lowest BCUT2D eigenvalue weighted by Gasteiger charge is -2.20. The van der Waals surface area contributed by atoms with Crippen molar-refractivity contribution in [2.45, 2.75) is 0 Å². The second-order valence-electron chi connectivity index (χ2n) is 4.73. The van der Waals surface area contributed by atoms with Crippen LogP contribution in [0.2, 0.25) is 0 Å². The average Bonchev–Trinajstić information content (AvgIpc) is 3.02. The number of hydroxylamine groups is 2. The Morgan fingerprint density at radius 3 is 2.79 bits per heavy atom. The van der Waals surface area contributed by atoms with E-state index in [1.807, 2.05) is 0 Å². The standard InChI is InChI=1S/C14H8FN3O5S/c15-12-3-1-2-9(17(12)21)14-16-8(6-24-14)7-4-10(18(22)23)13(20)11(19)5-7/h1-6,16,21H. The fraction of sp³-hybridized carbons (Fsp3) is 0. The monoisotopic (exact) mass is 349 g/mol. The summed E-state index contributed by atoms with van der Waals surface area (Å²) < 4.78 is 13.4. The summed E-state index contributed by atoms with van der Waals surface area (Å²) in [5.74, 6) is -3.05. The highest BCUT2D eigenvalue weighted by atomic mass is 32.2. The Kier molecular flexibility index (Phi) is 3.91. The topological polar surface area (TPSA) is 113 Å². The van der Waals surface area contributed by atoms with Crippen LogP contribution in [0.15, 0.2) is 69.4 Å². The molecule has 10 heteroatoms. The van der Waals surface area contributed by atoms with E-state index in [1.54, 1.807) is 0 Å². The normalized spacial score (nSPS) is 23.5. The number of carbonyl (C=O) groups is 2. The van der Waals surface area contributed by atoms with E-state index in [0.717, 1.165) is 30.0 Å². The van der Waals surface area contributed by atoms with Crippen LogP contribution >= 0.6 is 11.8 Å². The largest absolute Gasteiger partial charge is 0.347 e. The molecule has 24 heavy (non-hydrogen) atoms. The molecule has 0 aromatic carbocycles. The lowest BCUT2D eigenvalue weighted by molar-refractivity contribution is -0.418. The molecule has 0 saturated heterocycles. The van der Waals surface area contributed by atoms with Crippen molar-refractivity contribution < 1.29 is 24.1 Å². The minimum atomic E-state index is -1.18. The van der Waals surface area contributed by atoms with Crippen LogP contribution in [-0.2, 0) is 9.59 Å². The Bertz CT molecular complexity index is 866. The van der Waals surface area contributed by atoms with Gasteiger partial charge in [0.15, 0.2) is 0 Å². The van der Waals surface area contributed by atoms with Crippen molar-refractivity contribution in [1.82, 2.24) is 10.4 Å². The highest BCUT2D eigenvalue weighted by molar-refractivity contribution is 8.06. The molecule has 0 atom stereocenters. The van der Waals surface area contributed by atoms with Gasteiger partial charge in [-0.2, -0.15) is 9.45 Å². The van der Waals surface area contributed by atoms with E-state index in [2.05, 4.69) is 5.32 Å². The number of thioether (sulfide) groups is 1. The highest BCUT2D eigenvalue weighted by Gasteiger charge is 2.33. The molecule has 0 saturated carbocycles. The van der Waals surface area contributed by atoms with E-state index in [1.165, 1.54) is 17.6 Å². The Morgan fingerprint density at radius 1 is 1.33 bits per heavy atom. The first-order valence-electron chi connectivity index (χ1n) is 6.46. The van der Waals surface area contributed by atoms with E-state index >= 15 is 0 Å². The predicted octanol–water partition coefficient (Wildman–Crippen LogP) is 1.64. The van der Waals surface area contributed by atoms with Gasteiger partial charge in [-0.05, 0) is 18.2 Å². The number of nitrogens with zero attached hydrogens (tertiary/aromatic N) is 2. The molecule has 0 aromatic heterocycles. The van der Waals surface area contributed by atoms with E-state index in [-0.39, 0.29) is 11.3 Å². The first kappa shape index (κ1) is 15.9. The SMILES string of the molecule is O=C1C=C(C2=CSC(=C3C=CC=C(F)N3O)N2)C=C([N+](=O)[O-])C1=O. The van der Waals surface area contributed by atoms with E-state index in [0.29, 0.717) is 15.8 Å². The minimum Gasteiger partial charge on any atom is -0.347 e. The molecule has 3 rings (SSSR count). The van der Waals surface area contributed by atoms with Gasteiger partial charge in [-0.25, -0.2) is 0 Å². The Morgan fingerprint density at radius 2 is 2.08 bits per heavy atom. The first-order chi connectivity index (χ1) is 11.4. The van der Waals surface area contributed by atoms with Crippen LogP contribution in [0.1, 0.15) is 0 Å². The van der Waals surface area contributed by atoms with Crippen molar-refractivity contribution in [2.24, 2.45) is 0 Å². The maximum atomic E-state index is 13.4. The maximum absolute atomic E-state index is 13.4. The quantitative estimate of drug-likeness (QED) is 0.254. The second kappa shape index (κ2) is 5.91. The number of halogens is 1. The zero-order valence-corrected chi connectivity index (χ0v) is 12.5. The number of nitro groups is 1. The van der Waals surface area contributed by atoms with Gasteiger partial charge in [0.05, 0.1) is 10.6 Å². The van der Waals surface area contributed by atoms with Gasteiger partial charge in [0, 0.05) is 17.1 Å². The Balaban J connectivity index is 1.89. The zero-order chi connectivity index (χ0) is 17.4. The first-order valence-corrected chi connectivity index (χ1v) is 7.34. The van der Waals surface area contributed by atoms with Crippen molar-refractivity contribution in [3.05, 3.63) is 79.5 Å². The molecule has 1 aliphatic carbocycles. The van der Waals surface area contributed by atoms with Crippen LogP contribution in [-0.4, -0.2) is 26.8 Å². The molecule has 0 unspecified atom stereocenters. The van der Waals surface area contributed by atoms with Gasteiger partial charge in [-0.3, -0.25) is 24.9 Å². The van der Waals surface area contributed by atoms with Crippen molar-refractivity contribution in [1.29, 1.82) is 0 Å². The third-order valence-electron chi connectivity index (χ3n) is 3.24. The van der Waals surface area contributed by atoms with Crippen LogP contribution < -0.4 is 5.32 Å². The van der Waals surface area contributed by atoms with Crippen molar-refractivity contribution in [2.75, 3.05) is 0 Å². The molecule has 0 amide bonds. The van der Waals surface area contributed by atoms with Gasteiger partial charge in [0.1, 0.15) is 10.7 Å². The predicted molar refractivity (Wildman–Crippen MR) is 81.0 cm³/mol. The Labute approximate surface area is 138 Å². The molecule has 2 aliphatic heterocycles. The molecule has 8 nitrogen and oxygen atoms in total. The summed E-state index contributed by atoms with van der Waals surface area (Å²) in [7, 11) is 0. The summed E-state index contributed by atoms with van der Waals surface area (Å²) in [4.78, 5) is 33.0. The van der Waals surface area contributed by atoms with E-state index in [9.17, 15) is 29.3 Å². The fourth-order valence-electron chi connectivity index (χ4n) is 2.09. The molecule has 2 N–H and O–H groups in total. The molecule has 122 valence electrons. The number of ketones is 2. The van der Waals surface area contributed by atoms with Crippen molar-refractivity contribution >= 4 is 23.3 Å². The molecule has 0 fully saturated rings. The van der Waals surface area contributed by atoms with Crippen molar-refractivity contribution in [3.8, 4) is 0 Å². The number of nitrogens with one attached hydrogen (secondary N) is 1. The molecular weight excluding hydrogens is 341 g/mol. The number of carbonyl (C=O) groups excluding carboxylic acids is 2. The maximum Gasteiger partial charge on any atom is 0.321 e. The van der Waals surface area contributed by atoms with Gasteiger partial charge in [-0.15, -0.1) is 0 Å². The molecule has 2 heterocycles. The second-order valence-corrected chi connectivity index (χ2v) is 5.61. The minimum absolute atomic E-state index is 0.128. The summed E-state index contributed by atoms with van der Waals surface area (Å²) in [6.45, 7) is 0. The van der Waals surface area contributed by atoms with Gasteiger partial charge in [0.25, 0.3) is 0 Å². The molecule has 0 spiro atoms. The molecule has 0 radical (unpaired) electrons. The third-order valence-corrected chi connectivity index (χ3v) is 4.14. The fourth-order valence-corrected chi connectivity index (χ4v) is 2.96. The van der Waals surface area contributed by atoms with Crippen LogP contribution in [0, 0.1) is 10.1 Å². The summed E-state index contributed by atoms with van der Waals surface area (Å²) in [5.41, 5.74) is -0.223. The molecule has 0 bridgehead atoms. The van der Waals surface area contributed by atoms with Gasteiger partial charge < -0.3 is 5.32 Å².